The van der Waals surface area contributed by atoms with Crippen molar-refractivity contribution in [2.24, 2.45) is 0 Å². The van der Waals surface area contributed by atoms with Gasteiger partial charge in [0, 0.05) is 0 Å². The number of aldehydes is 1. The Balaban J connectivity index is 2.53. The van der Waals surface area contributed by atoms with Crippen molar-refractivity contribution < 1.29 is 4.79 Å². The highest BCUT2D eigenvalue weighted by molar-refractivity contribution is 5.74. The second-order valence-corrected chi connectivity index (χ2v) is 3.56. The molecule has 0 atom stereocenters. The molecule has 0 bridgehead atoms. The van der Waals surface area contributed by atoms with Crippen LogP contribution in [0.1, 0.15) is 51.9 Å². The van der Waals surface area contributed by atoms with Crippen molar-refractivity contribution in [3.63, 3.8) is 0 Å². The zero-order chi connectivity index (χ0) is 8.81. The van der Waals surface area contributed by atoms with Crippen molar-refractivity contribution >= 4 is 6.29 Å². The van der Waals surface area contributed by atoms with Crippen LogP contribution in [0.25, 0.3) is 0 Å². The maximum Gasteiger partial charge on any atom is 0.145 e. The van der Waals surface area contributed by atoms with Gasteiger partial charge in [-0.1, -0.05) is 18.9 Å². The third-order valence-corrected chi connectivity index (χ3v) is 2.60. The van der Waals surface area contributed by atoms with Gasteiger partial charge in [-0.2, -0.15) is 0 Å². The summed E-state index contributed by atoms with van der Waals surface area (Å²) in [7, 11) is 0. The molecule has 1 rings (SSSR count). The minimum Gasteiger partial charge on any atom is -0.298 e. The molecule has 1 aliphatic rings. The van der Waals surface area contributed by atoms with Gasteiger partial charge in [0.1, 0.15) is 6.29 Å². The number of carbonyl (C=O) groups is 1. The van der Waals surface area contributed by atoms with E-state index in [4.69, 9.17) is 0 Å². The molecule has 0 radical (unpaired) electrons. The highest BCUT2D eigenvalue weighted by Crippen LogP contribution is 2.26. The van der Waals surface area contributed by atoms with Gasteiger partial charge in [-0.3, -0.25) is 4.79 Å². The van der Waals surface area contributed by atoms with Crippen LogP contribution in [0.3, 0.4) is 0 Å². The highest BCUT2D eigenvalue weighted by Gasteiger charge is 2.10. The minimum absolute atomic E-state index is 1.03. The molecule has 0 aromatic carbocycles. The van der Waals surface area contributed by atoms with E-state index >= 15 is 0 Å². The van der Waals surface area contributed by atoms with Gasteiger partial charge in [-0.15, -0.1) is 0 Å². The molecule has 0 saturated carbocycles. The Labute approximate surface area is 74.9 Å². The van der Waals surface area contributed by atoms with Crippen LogP contribution in [0.15, 0.2) is 11.1 Å². The van der Waals surface area contributed by atoms with Gasteiger partial charge in [-0.05, 0) is 44.1 Å². The summed E-state index contributed by atoms with van der Waals surface area (Å²) in [6.45, 7) is 2.20. The van der Waals surface area contributed by atoms with Gasteiger partial charge in [-0.25, -0.2) is 0 Å². The lowest BCUT2D eigenvalue weighted by molar-refractivity contribution is -0.105. The predicted molar refractivity (Wildman–Crippen MR) is 51.1 cm³/mol. The summed E-state index contributed by atoms with van der Waals surface area (Å²) >= 11 is 0. The molecule has 0 amide bonds. The second kappa shape index (κ2) is 5.13. The zero-order valence-electron chi connectivity index (χ0n) is 7.94. The Hall–Kier alpha value is -0.590. The fourth-order valence-electron chi connectivity index (χ4n) is 1.81. The largest absolute Gasteiger partial charge is 0.298 e. The number of unbranched alkanes of at least 4 members (excludes halogenated alkanes) is 1. The second-order valence-electron chi connectivity index (χ2n) is 3.56. The fourth-order valence-corrected chi connectivity index (χ4v) is 1.81. The highest BCUT2D eigenvalue weighted by atomic mass is 16.1. The van der Waals surface area contributed by atoms with E-state index in [2.05, 4.69) is 6.92 Å². The molecule has 1 nitrogen and oxygen atoms in total. The predicted octanol–water partition coefficient (Wildman–Crippen LogP) is 3.25. The maximum absolute atomic E-state index is 10.7. The van der Waals surface area contributed by atoms with E-state index < -0.39 is 0 Å². The molecular weight excluding hydrogens is 148 g/mol. The summed E-state index contributed by atoms with van der Waals surface area (Å²) < 4.78 is 0. The van der Waals surface area contributed by atoms with E-state index in [1.54, 1.807) is 0 Å². The van der Waals surface area contributed by atoms with Gasteiger partial charge < -0.3 is 0 Å². The average molecular weight is 166 g/mol. The molecule has 1 aliphatic carbocycles. The van der Waals surface area contributed by atoms with Crippen LogP contribution >= 0.6 is 0 Å². The molecule has 0 saturated heterocycles. The van der Waals surface area contributed by atoms with Crippen LogP contribution in [-0.2, 0) is 4.79 Å². The summed E-state index contributed by atoms with van der Waals surface area (Å²) in [4.78, 5) is 10.7. The Morgan fingerprint density at radius 3 is 2.75 bits per heavy atom. The Bertz CT molecular complexity index is 179. The lowest BCUT2D eigenvalue weighted by atomic mass is 9.89. The van der Waals surface area contributed by atoms with Crippen molar-refractivity contribution in [2.75, 3.05) is 0 Å². The molecule has 0 aromatic heterocycles. The number of carbonyl (C=O) groups excluding carboxylic acids is 1. The minimum atomic E-state index is 1.03. The SMILES string of the molecule is CCCCC1=C(C=O)CCCC1. The van der Waals surface area contributed by atoms with Gasteiger partial charge in [0.2, 0.25) is 0 Å². The lowest BCUT2D eigenvalue weighted by Crippen LogP contribution is -2.01. The van der Waals surface area contributed by atoms with Crippen molar-refractivity contribution in [3.8, 4) is 0 Å². The van der Waals surface area contributed by atoms with Gasteiger partial charge in [0.25, 0.3) is 0 Å². The average Bonchev–Trinajstić information content (AvgIpc) is 2.15. The molecule has 68 valence electrons. The van der Waals surface area contributed by atoms with E-state index in [0.717, 1.165) is 24.7 Å². The lowest BCUT2D eigenvalue weighted by Gasteiger charge is -2.16. The fraction of sp³-hybridized carbons (Fsp3) is 0.727. The first-order valence-corrected chi connectivity index (χ1v) is 5.04. The van der Waals surface area contributed by atoms with Crippen LogP contribution < -0.4 is 0 Å². The van der Waals surface area contributed by atoms with Crippen molar-refractivity contribution in [1.82, 2.24) is 0 Å². The van der Waals surface area contributed by atoms with Gasteiger partial charge in [0.15, 0.2) is 0 Å². The maximum atomic E-state index is 10.7. The molecule has 0 fully saturated rings. The number of rotatable bonds is 4. The molecule has 1 heteroatoms. The van der Waals surface area contributed by atoms with Crippen molar-refractivity contribution in [2.45, 2.75) is 51.9 Å². The van der Waals surface area contributed by atoms with Crippen LogP contribution in [-0.4, -0.2) is 6.29 Å². The molecule has 0 aliphatic heterocycles. The quantitative estimate of drug-likeness (QED) is 0.586. The normalized spacial score (nSPS) is 18.1. The zero-order valence-corrected chi connectivity index (χ0v) is 7.94. The van der Waals surface area contributed by atoms with E-state index in [-0.39, 0.29) is 0 Å². The molecule has 0 heterocycles. The smallest absolute Gasteiger partial charge is 0.145 e. The van der Waals surface area contributed by atoms with Gasteiger partial charge >= 0.3 is 0 Å². The van der Waals surface area contributed by atoms with Crippen LogP contribution in [0, 0.1) is 0 Å². The standard InChI is InChI=1S/C11H18O/c1-2-3-6-10-7-4-5-8-11(10)9-12/h9H,2-8H2,1H3. The summed E-state index contributed by atoms with van der Waals surface area (Å²) in [5.74, 6) is 0. The Morgan fingerprint density at radius 2 is 2.08 bits per heavy atom. The molecule has 0 aromatic rings. The molecule has 0 N–H and O–H groups in total. The number of allylic oxidation sites excluding steroid dienone is 2. The van der Waals surface area contributed by atoms with E-state index in [1.807, 2.05) is 0 Å². The summed E-state index contributed by atoms with van der Waals surface area (Å²) in [5, 5.41) is 0. The Morgan fingerprint density at radius 1 is 1.33 bits per heavy atom. The first kappa shape index (κ1) is 9.50. The van der Waals surface area contributed by atoms with Crippen molar-refractivity contribution in [3.05, 3.63) is 11.1 Å². The van der Waals surface area contributed by atoms with Gasteiger partial charge in [0.05, 0.1) is 0 Å². The molecular formula is C11H18O. The van der Waals surface area contributed by atoms with Crippen LogP contribution in [0.2, 0.25) is 0 Å². The molecule has 12 heavy (non-hydrogen) atoms. The monoisotopic (exact) mass is 166 g/mol. The summed E-state index contributed by atoms with van der Waals surface area (Å²) in [6.07, 6.45) is 9.41. The van der Waals surface area contributed by atoms with Crippen LogP contribution in [0.4, 0.5) is 0 Å². The van der Waals surface area contributed by atoms with Crippen LogP contribution in [0.5, 0.6) is 0 Å². The first-order valence-electron chi connectivity index (χ1n) is 5.04. The number of hydrogen-bond acceptors (Lipinski definition) is 1. The molecule has 0 unspecified atom stereocenters. The summed E-state index contributed by atoms with van der Waals surface area (Å²) in [5.41, 5.74) is 2.55. The van der Waals surface area contributed by atoms with E-state index in [0.29, 0.717) is 0 Å². The Kier molecular flexibility index (Phi) is 4.06. The van der Waals surface area contributed by atoms with E-state index in [9.17, 15) is 4.79 Å². The first-order chi connectivity index (χ1) is 5.88. The summed E-state index contributed by atoms with van der Waals surface area (Å²) in [6, 6.07) is 0. The third kappa shape index (κ3) is 2.47. The van der Waals surface area contributed by atoms with Crippen molar-refractivity contribution in [1.29, 1.82) is 0 Å². The third-order valence-electron chi connectivity index (χ3n) is 2.60. The molecule has 0 spiro atoms. The number of hydrogen-bond donors (Lipinski definition) is 0. The topological polar surface area (TPSA) is 17.1 Å². The van der Waals surface area contributed by atoms with E-state index in [1.165, 1.54) is 37.7 Å².